The summed E-state index contributed by atoms with van der Waals surface area (Å²) < 4.78 is 7.64. The number of aromatic nitrogens is 6. The van der Waals surface area contributed by atoms with Crippen molar-refractivity contribution in [2.75, 3.05) is 11.4 Å². The number of anilines is 1. The molecule has 0 spiro atoms. The zero-order valence-corrected chi connectivity index (χ0v) is 16.5. The maximum Gasteiger partial charge on any atom is 0.227 e. The molecular weight excluding hydrogens is 380 g/mol. The van der Waals surface area contributed by atoms with Crippen LogP contribution in [0.25, 0.3) is 11.4 Å². The largest absolute Gasteiger partial charge is 0.360 e. The maximum absolute atomic E-state index is 9.18. The molecule has 1 fully saturated rings. The van der Waals surface area contributed by atoms with Crippen LogP contribution >= 0.6 is 0 Å². The van der Waals surface area contributed by atoms with Gasteiger partial charge in [-0.3, -0.25) is 4.57 Å². The van der Waals surface area contributed by atoms with Crippen LogP contribution in [0.4, 0.5) is 5.95 Å². The first-order valence-corrected chi connectivity index (χ1v) is 9.90. The Bertz CT molecular complexity index is 1150. The first-order valence-electron chi connectivity index (χ1n) is 9.90. The Morgan fingerprint density at radius 1 is 1.23 bits per heavy atom. The van der Waals surface area contributed by atoms with Gasteiger partial charge >= 0.3 is 0 Å². The van der Waals surface area contributed by atoms with Gasteiger partial charge in [0, 0.05) is 43.5 Å². The normalized spacial score (nSPS) is 20.9. The average molecular weight is 400 g/mol. The molecule has 2 aliphatic rings. The Morgan fingerprint density at radius 2 is 2.10 bits per heavy atom. The van der Waals surface area contributed by atoms with Crippen molar-refractivity contribution in [3.05, 3.63) is 60.0 Å². The number of hydrogen-bond acceptors (Lipinski definition) is 8. The standard InChI is InChI=1S/C21H20N8O/c1-28-20(16-11-23-13-24-12-16)25-26-21(28)29-7-3-6-18(29)17-9-19(30-27-17)15-5-2-4-14(8-15)10-22/h2,4-5,9,11-13,15,18H,3,6-8H2,1H3/t15?,18-/m1/s1. The monoisotopic (exact) mass is 400 g/mol. The van der Waals surface area contributed by atoms with E-state index in [0.29, 0.717) is 6.42 Å². The second-order valence-electron chi connectivity index (χ2n) is 7.51. The molecule has 30 heavy (non-hydrogen) atoms. The van der Waals surface area contributed by atoms with Gasteiger partial charge in [0.25, 0.3) is 0 Å². The second kappa shape index (κ2) is 7.55. The molecule has 1 unspecified atom stereocenters. The molecule has 3 aromatic rings. The van der Waals surface area contributed by atoms with E-state index in [4.69, 9.17) is 4.52 Å². The van der Waals surface area contributed by atoms with Crippen LogP contribution in [0.1, 0.15) is 42.7 Å². The first kappa shape index (κ1) is 18.2. The van der Waals surface area contributed by atoms with Gasteiger partial charge in [-0.15, -0.1) is 10.2 Å². The molecule has 0 aromatic carbocycles. The van der Waals surface area contributed by atoms with Gasteiger partial charge in [-0.05, 0) is 25.3 Å². The summed E-state index contributed by atoms with van der Waals surface area (Å²) in [6, 6.07) is 4.32. The minimum atomic E-state index is 0.0419. The van der Waals surface area contributed by atoms with Crippen LogP contribution in [-0.4, -0.2) is 36.4 Å². The van der Waals surface area contributed by atoms with E-state index in [-0.39, 0.29) is 12.0 Å². The zero-order chi connectivity index (χ0) is 20.5. The first-order chi connectivity index (χ1) is 14.7. The number of hydrogen-bond donors (Lipinski definition) is 0. The summed E-state index contributed by atoms with van der Waals surface area (Å²) in [7, 11) is 1.95. The minimum absolute atomic E-state index is 0.0419. The molecule has 9 nitrogen and oxygen atoms in total. The molecule has 0 amide bonds. The number of rotatable bonds is 4. The molecular formula is C21H20N8O. The van der Waals surface area contributed by atoms with E-state index in [0.717, 1.165) is 53.7 Å². The molecule has 1 aliphatic carbocycles. The average Bonchev–Trinajstić information content (AvgIpc) is 3.53. The summed E-state index contributed by atoms with van der Waals surface area (Å²) in [5, 5.41) is 22.3. The molecule has 9 heteroatoms. The topological polar surface area (TPSA) is 110 Å². The van der Waals surface area contributed by atoms with Crippen molar-refractivity contribution in [2.24, 2.45) is 7.05 Å². The third kappa shape index (κ3) is 3.16. The van der Waals surface area contributed by atoms with E-state index >= 15 is 0 Å². The minimum Gasteiger partial charge on any atom is -0.360 e. The molecule has 2 atom stereocenters. The number of allylic oxidation sites excluding steroid dienone is 4. The fourth-order valence-electron chi connectivity index (χ4n) is 4.14. The molecule has 1 aliphatic heterocycles. The molecule has 5 rings (SSSR count). The predicted octanol–water partition coefficient (Wildman–Crippen LogP) is 3.10. The van der Waals surface area contributed by atoms with Crippen LogP contribution in [0.15, 0.2) is 53.1 Å². The molecule has 3 aromatic heterocycles. The third-order valence-electron chi connectivity index (χ3n) is 5.66. The summed E-state index contributed by atoms with van der Waals surface area (Å²) >= 11 is 0. The number of nitriles is 1. The van der Waals surface area contributed by atoms with E-state index in [1.807, 2.05) is 29.8 Å². The smallest absolute Gasteiger partial charge is 0.227 e. The lowest BCUT2D eigenvalue weighted by Crippen LogP contribution is -2.25. The zero-order valence-electron chi connectivity index (χ0n) is 16.5. The Kier molecular flexibility index (Phi) is 4.59. The van der Waals surface area contributed by atoms with Gasteiger partial charge in [0.2, 0.25) is 5.95 Å². The summed E-state index contributed by atoms with van der Waals surface area (Å²) in [5.41, 5.74) is 2.46. The van der Waals surface area contributed by atoms with Gasteiger partial charge in [0.05, 0.1) is 17.7 Å². The van der Waals surface area contributed by atoms with Gasteiger partial charge < -0.3 is 9.42 Å². The SMILES string of the molecule is Cn1c(-c2cncnc2)nnc1N1CCC[C@@H]1c1cc(C2C=CC=C(C#N)C2)on1. The highest BCUT2D eigenvalue weighted by molar-refractivity contribution is 5.55. The lowest BCUT2D eigenvalue weighted by Gasteiger charge is -2.23. The summed E-state index contributed by atoms with van der Waals surface area (Å²) in [4.78, 5) is 10.4. The van der Waals surface area contributed by atoms with Crippen molar-refractivity contribution < 1.29 is 4.52 Å². The fourth-order valence-corrected chi connectivity index (χ4v) is 4.14. The predicted molar refractivity (Wildman–Crippen MR) is 108 cm³/mol. The van der Waals surface area contributed by atoms with Crippen LogP contribution < -0.4 is 4.90 Å². The molecule has 150 valence electrons. The quantitative estimate of drug-likeness (QED) is 0.657. The molecule has 0 bridgehead atoms. The lowest BCUT2D eigenvalue weighted by molar-refractivity contribution is 0.363. The van der Waals surface area contributed by atoms with Gasteiger partial charge in [0.15, 0.2) is 5.82 Å². The van der Waals surface area contributed by atoms with Crippen molar-refractivity contribution in [3.63, 3.8) is 0 Å². The Labute approximate surface area is 173 Å². The summed E-state index contributed by atoms with van der Waals surface area (Å²) in [6.45, 7) is 0.870. The van der Waals surface area contributed by atoms with Gasteiger partial charge in [0.1, 0.15) is 17.8 Å². The molecule has 0 N–H and O–H groups in total. The van der Waals surface area contributed by atoms with Crippen molar-refractivity contribution >= 4 is 5.95 Å². The van der Waals surface area contributed by atoms with Gasteiger partial charge in [-0.2, -0.15) is 5.26 Å². The van der Waals surface area contributed by atoms with Crippen molar-refractivity contribution in [1.29, 1.82) is 5.26 Å². The summed E-state index contributed by atoms with van der Waals surface area (Å²) in [6.07, 6.45) is 13.4. The van der Waals surface area contributed by atoms with Crippen LogP contribution in [0.5, 0.6) is 0 Å². The lowest BCUT2D eigenvalue weighted by atomic mass is 9.92. The second-order valence-corrected chi connectivity index (χ2v) is 7.51. The highest BCUT2D eigenvalue weighted by Crippen LogP contribution is 2.37. The summed E-state index contributed by atoms with van der Waals surface area (Å²) in [5.74, 6) is 2.34. The molecule has 0 saturated carbocycles. The highest BCUT2D eigenvalue weighted by atomic mass is 16.5. The Hall–Kier alpha value is -3.80. The van der Waals surface area contributed by atoms with Crippen molar-refractivity contribution in [1.82, 2.24) is 29.9 Å². The molecule has 0 radical (unpaired) electrons. The van der Waals surface area contributed by atoms with Crippen molar-refractivity contribution in [2.45, 2.75) is 31.2 Å². The number of nitrogens with zero attached hydrogens (tertiary/aromatic N) is 8. The Balaban J connectivity index is 1.40. The van der Waals surface area contributed by atoms with Crippen LogP contribution in [0.3, 0.4) is 0 Å². The van der Waals surface area contributed by atoms with Crippen LogP contribution in [0.2, 0.25) is 0 Å². The van der Waals surface area contributed by atoms with E-state index in [9.17, 15) is 5.26 Å². The third-order valence-corrected chi connectivity index (χ3v) is 5.66. The fraction of sp³-hybridized carbons (Fsp3) is 0.333. The van der Waals surface area contributed by atoms with Crippen molar-refractivity contribution in [3.8, 4) is 17.5 Å². The molecule has 4 heterocycles. The van der Waals surface area contributed by atoms with Gasteiger partial charge in [-0.25, -0.2) is 9.97 Å². The van der Waals surface area contributed by atoms with Crippen LogP contribution in [0, 0.1) is 11.3 Å². The Morgan fingerprint density at radius 3 is 2.93 bits per heavy atom. The van der Waals surface area contributed by atoms with Crippen LogP contribution in [-0.2, 0) is 7.05 Å². The maximum atomic E-state index is 9.18. The molecule has 1 saturated heterocycles. The van der Waals surface area contributed by atoms with E-state index < -0.39 is 0 Å². The van der Waals surface area contributed by atoms with E-state index in [2.05, 4.69) is 42.4 Å². The van der Waals surface area contributed by atoms with E-state index in [1.165, 1.54) is 6.33 Å². The van der Waals surface area contributed by atoms with E-state index in [1.54, 1.807) is 12.4 Å². The highest BCUT2D eigenvalue weighted by Gasteiger charge is 2.33. The van der Waals surface area contributed by atoms with Gasteiger partial charge in [-0.1, -0.05) is 17.3 Å².